The third-order valence-corrected chi connectivity index (χ3v) is 3.44. The van der Waals surface area contributed by atoms with Crippen LogP contribution in [0, 0.1) is 0 Å². The topological polar surface area (TPSA) is 29.1 Å². The minimum absolute atomic E-state index is 0.0652. The van der Waals surface area contributed by atoms with Gasteiger partial charge in [0.2, 0.25) is 0 Å². The molecule has 0 heterocycles. The molecule has 2 heteroatoms. The summed E-state index contributed by atoms with van der Waals surface area (Å²) < 4.78 is 0. The van der Waals surface area contributed by atoms with E-state index in [1.165, 1.54) is 11.1 Å². The van der Waals surface area contributed by atoms with Crippen LogP contribution in [0.1, 0.15) is 48.2 Å². The van der Waals surface area contributed by atoms with E-state index < -0.39 is 0 Å². The second-order valence-corrected chi connectivity index (χ2v) is 5.24. The van der Waals surface area contributed by atoms with E-state index in [0.717, 1.165) is 12.1 Å². The maximum atomic E-state index is 12.1. The molecule has 0 fully saturated rings. The number of anilines is 1. The third kappa shape index (κ3) is 3.27. The van der Waals surface area contributed by atoms with Crippen molar-refractivity contribution in [2.75, 3.05) is 5.32 Å². The lowest BCUT2D eigenvalue weighted by Crippen LogP contribution is -2.12. The van der Waals surface area contributed by atoms with E-state index in [4.69, 9.17) is 0 Å². The first kappa shape index (κ1) is 14.3. The highest BCUT2D eigenvalue weighted by molar-refractivity contribution is 6.04. The van der Waals surface area contributed by atoms with Gasteiger partial charge in [-0.2, -0.15) is 0 Å². The Morgan fingerprint density at radius 3 is 2.40 bits per heavy atom. The molecule has 2 nitrogen and oxygen atoms in total. The standard InChI is InChI=1S/C18H21NO/c1-4-14-10-11-16(12-17(14)13(2)3)19-18(20)15-8-6-5-7-9-15/h5-13H,4H2,1-3H3,(H,19,20). The SMILES string of the molecule is CCc1ccc(NC(=O)c2ccccc2)cc1C(C)C. The van der Waals surface area contributed by atoms with Gasteiger partial charge in [-0.15, -0.1) is 0 Å². The number of carbonyl (C=O) groups excluding carboxylic acids is 1. The van der Waals surface area contributed by atoms with Crippen molar-refractivity contribution in [3.05, 3.63) is 65.2 Å². The van der Waals surface area contributed by atoms with Crippen LogP contribution in [0.25, 0.3) is 0 Å². The molecule has 2 rings (SSSR count). The summed E-state index contributed by atoms with van der Waals surface area (Å²) in [5.74, 6) is 0.392. The maximum Gasteiger partial charge on any atom is 0.255 e. The fraction of sp³-hybridized carbons (Fsp3) is 0.278. The second kappa shape index (κ2) is 6.38. The van der Waals surface area contributed by atoms with Crippen LogP contribution in [-0.4, -0.2) is 5.91 Å². The first-order chi connectivity index (χ1) is 9.61. The molecule has 0 aromatic heterocycles. The summed E-state index contributed by atoms with van der Waals surface area (Å²) in [5, 5.41) is 2.97. The number of rotatable bonds is 4. The van der Waals surface area contributed by atoms with Gasteiger partial charge in [-0.3, -0.25) is 4.79 Å². The van der Waals surface area contributed by atoms with Crippen molar-refractivity contribution >= 4 is 11.6 Å². The molecule has 2 aromatic rings. The van der Waals surface area contributed by atoms with E-state index in [-0.39, 0.29) is 5.91 Å². The maximum absolute atomic E-state index is 12.1. The lowest BCUT2D eigenvalue weighted by molar-refractivity contribution is 0.102. The summed E-state index contributed by atoms with van der Waals surface area (Å²) in [6.45, 7) is 6.51. The molecule has 0 saturated carbocycles. The van der Waals surface area contributed by atoms with Crippen molar-refractivity contribution in [3.8, 4) is 0 Å². The molecule has 0 aliphatic heterocycles. The molecule has 0 unspecified atom stereocenters. The predicted molar refractivity (Wildman–Crippen MR) is 84.3 cm³/mol. The quantitative estimate of drug-likeness (QED) is 0.860. The van der Waals surface area contributed by atoms with Gasteiger partial charge in [0.15, 0.2) is 0 Å². The molecule has 20 heavy (non-hydrogen) atoms. The lowest BCUT2D eigenvalue weighted by Gasteiger charge is -2.14. The summed E-state index contributed by atoms with van der Waals surface area (Å²) in [6.07, 6.45) is 1.01. The van der Waals surface area contributed by atoms with E-state index in [0.29, 0.717) is 11.5 Å². The minimum Gasteiger partial charge on any atom is -0.322 e. The summed E-state index contributed by atoms with van der Waals surface area (Å²) in [7, 11) is 0. The molecule has 0 atom stereocenters. The smallest absolute Gasteiger partial charge is 0.255 e. The highest BCUT2D eigenvalue weighted by Crippen LogP contribution is 2.24. The van der Waals surface area contributed by atoms with Crippen LogP contribution in [0.2, 0.25) is 0 Å². The van der Waals surface area contributed by atoms with E-state index in [1.54, 1.807) is 0 Å². The lowest BCUT2D eigenvalue weighted by atomic mass is 9.95. The number of hydrogen-bond donors (Lipinski definition) is 1. The van der Waals surface area contributed by atoms with Gasteiger partial charge in [0.05, 0.1) is 0 Å². The van der Waals surface area contributed by atoms with Gasteiger partial charge in [-0.25, -0.2) is 0 Å². The second-order valence-electron chi connectivity index (χ2n) is 5.24. The Hall–Kier alpha value is -2.09. The van der Waals surface area contributed by atoms with Gasteiger partial charge in [0.1, 0.15) is 0 Å². The molecule has 1 amide bonds. The highest BCUT2D eigenvalue weighted by atomic mass is 16.1. The van der Waals surface area contributed by atoms with Gasteiger partial charge in [-0.05, 0) is 47.7 Å². The first-order valence-electron chi connectivity index (χ1n) is 7.11. The van der Waals surface area contributed by atoms with Crippen LogP contribution < -0.4 is 5.32 Å². The Kier molecular flexibility index (Phi) is 4.57. The zero-order valence-corrected chi connectivity index (χ0v) is 12.3. The van der Waals surface area contributed by atoms with Crippen LogP contribution in [0.3, 0.4) is 0 Å². The fourth-order valence-corrected chi connectivity index (χ4v) is 2.32. The summed E-state index contributed by atoms with van der Waals surface area (Å²) in [4.78, 5) is 12.1. The monoisotopic (exact) mass is 267 g/mol. The summed E-state index contributed by atoms with van der Waals surface area (Å²) in [5.41, 5.74) is 4.19. The van der Waals surface area contributed by atoms with Gasteiger partial charge in [0.25, 0.3) is 5.91 Å². The number of nitrogens with one attached hydrogen (secondary N) is 1. The Morgan fingerprint density at radius 2 is 1.80 bits per heavy atom. The predicted octanol–water partition coefficient (Wildman–Crippen LogP) is 4.62. The molecule has 0 aliphatic carbocycles. The van der Waals surface area contributed by atoms with E-state index in [1.807, 2.05) is 36.4 Å². The molecule has 2 aromatic carbocycles. The van der Waals surface area contributed by atoms with Crippen molar-refractivity contribution in [2.45, 2.75) is 33.1 Å². The largest absolute Gasteiger partial charge is 0.322 e. The molecule has 0 radical (unpaired) electrons. The number of hydrogen-bond acceptors (Lipinski definition) is 1. The van der Waals surface area contributed by atoms with Crippen LogP contribution in [-0.2, 0) is 6.42 Å². The zero-order chi connectivity index (χ0) is 14.5. The zero-order valence-electron chi connectivity index (χ0n) is 12.3. The molecule has 0 bridgehead atoms. The first-order valence-corrected chi connectivity index (χ1v) is 7.11. The average molecular weight is 267 g/mol. The van der Waals surface area contributed by atoms with Gasteiger partial charge in [0, 0.05) is 11.3 Å². The molecule has 0 saturated heterocycles. The Morgan fingerprint density at radius 1 is 1.10 bits per heavy atom. The van der Waals surface area contributed by atoms with Crippen LogP contribution in [0.5, 0.6) is 0 Å². The van der Waals surface area contributed by atoms with Crippen LogP contribution >= 0.6 is 0 Å². The Balaban J connectivity index is 2.22. The molecular weight excluding hydrogens is 246 g/mol. The Labute approximate surface area is 120 Å². The van der Waals surface area contributed by atoms with E-state index >= 15 is 0 Å². The number of carbonyl (C=O) groups is 1. The van der Waals surface area contributed by atoms with Gasteiger partial charge >= 0.3 is 0 Å². The number of amides is 1. The minimum atomic E-state index is -0.0652. The van der Waals surface area contributed by atoms with Gasteiger partial charge in [-0.1, -0.05) is 45.0 Å². The van der Waals surface area contributed by atoms with Crippen LogP contribution in [0.15, 0.2) is 48.5 Å². The Bertz CT molecular complexity index is 588. The average Bonchev–Trinajstić information content (AvgIpc) is 2.48. The van der Waals surface area contributed by atoms with E-state index in [9.17, 15) is 4.79 Å². The molecule has 0 aliphatic rings. The summed E-state index contributed by atoms with van der Waals surface area (Å²) in [6, 6.07) is 15.5. The molecular formula is C18H21NO. The van der Waals surface area contributed by atoms with Crippen LogP contribution in [0.4, 0.5) is 5.69 Å². The van der Waals surface area contributed by atoms with Gasteiger partial charge < -0.3 is 5.32 Å². The van der Waals surface area contributed by atoms with Crippen molar-refractivity contribution < 1.29 is 4.79 Å². The van der Waals surface area contributed by atoms with Crippen molar-refractivity contribution in [3.63, 3.8) is 0 Å². The number of benzene rings is 2. The molecule has 0 spiro atoms. The van der Waals surface area contributed by atoms with Crippen molar-refractivity contribution in [1.82, 2.24) is 0 Å². The third-order valence-electron chi connectivity index (χ3n) is 3.44. The molecule has 104 valence electrons. The fourth-order valence-electron chi connectivity index (χ4n) is 2.32. The summed E-state index contributed by atoms with van der Waals surface area (Å²) >= 11 is 0. The normalized spacial score (nSPS) is 10.6. The van der Waals surface area contributed by atoms with Crippen molar-refractivity contribution in [2.24, 2.45) is 0 Å². The highest BCUT2D eigenvalue weighted by Gasteiger charge is 2.09. The number of aryl methyl sites for hydroxylation is 1. The molecule has 1 N–H and O–H groups in total. The van der Waals surface area contributed by atoms with E-state index in [2.05, 4.69) is 38.2 Å². The van der Waals surface area contributed by atoms with Crippen molar-refractivity contribution in [1.29, 1.82) is 0 Å².